The van der Waals surface area contributed by atoms with Crippen LogP contribution in [-0.2, 0) is 4.79 Å². The minimum Gasteiger partial charge on any atom is -0.391 e. The Morgan fingerprint density at radius 2 is 1.86 bits per heavy atom. The molecule has 2 amide bonds. The summed E-state index contributed by atoms with van der Waals surface area (Å²) in [7, 11) is 0. The van der Waals surface area contributed by atoms with Crippen molar-refractivity contribution in [2.24, 2.45) is 0 Å². The van der Waals surface area contributed by atoms with Gasteiger partial charge in [0.25, 0.3) is 11.8 Å². The number of carbonyl (C=O) groups is 2. The first-order valence-corrected chi connectivity index (χ1v) is 9.49. The average Bonchev–Trinajstić information content (AvgIpc) is 3.20. The summed E-state index contributed by atoms with van der Waals surface area (Å²) in [6.45, 7) is 1.44. The maximum atomic E-state index is 12.9. The second-order valence-electron chi connectivity index (χ2n) is 6.25. The zero-order valence-electron chi connectivity index (χ0n) is 15.3. The Morgan fingerprint density at radius 1 is 1.14 bits per heavy atom. The van der Waals surface area contributed by atoms with Crippen LogP contribution in [-0.4, -0.2) is 29.1 Å². The number of halogens is 1. The predicted octanol–water partition coefficient (Wildman–Crippen LogP) is 2.53. The highest BCUT2D eigenvalue weighted by Gasteiger charge is 2.25. The number of rotatable bonds is 5. The normalized spacial score (nSPS) is 12.6. The minimum atomic E-state index is -1.08. The van der Waals surface area contributed by atoms with E-state index in [9.17, 15) is 24.3 Å². The van der Waals surface area contributed by atoms with Crippen LogP contribution in [0.4, 0.5) is 10.1 Å². The number of hydrogen-bond acceptors (Lipinski definition) is 6. The molecule has 0 saturated carbocycles. The lowest BCUT2D eigenvalue weighted by Gasteiger charge is -2.22. The van der Waals surface area contributed by atoms with Crippen molar-refractivity contribution in [2.45, 2.75) is 19.1 Å². The standard InChI is InChI=1S/C20H17FN4O3S/c1-11(26)17(20(28)25-24-19(27)12-2-5-14(21)6-3-12)23-16-7-4-13(10-22)18-15(16)8-9-29-18/h2-9,11,17,23,26H,1H3,(H,24,27)(H,25,28)/t11-,17+/m0/s1. The van der Waals surface area contributed by atoms with Crippen LogP contribution in [0.2, 0.25) is 0 Å². The monoisotopic (exact) mass is 412 g/mol. The van der Waals surface area contributed by atoms with Gasteiger partial charge in [-0.2, -0.15) is 5.26 Å². The first-order chi connectivity index (χ1) is 13.9. The van der Waals surface area contributed by atoms with E-state index >= 15 is 0 Å². The molecule has 7 nitrogen and oxygen atoms in total. The van der Waals surface area contributed by atoms with Gasteiger partial charge in [0.15, 0.2) is 0 Å². The van der Waals surface area contributed by atoms with E-state index in [1.54, 1.807) is 12.1 Å². The van der Waals surface area contributed by atoms with Gasteiger partial charge in [-0.15, -0.1) is 11.3 Å². The zero-order chi connectivity index (χ0) is 21.0. The van der Waals surface area contributed by atoms with E-state index in [0.717, 1.165) is 22.2 Å². The topological polar surface area (TPSA) is 114 Å². The van der Waals surface area contributed by atoms with Gasteiger partial charge in [0, 0.05) is 16.6 Å². The van der Waals surface area contributed by atoms with Crippen LogP contribution in [0.3, 0.4) is 0 Å². The first-order valence-electron chi connectivity index (χ1n) is 8.61. The third kappa shape index (κ3) is 4.51. The first kappa shape index (κ1) is 20.3. The maximum absolute atomic E-state index is 12.9. The van der Waals surface area contributed by atoms with Gasteiger partial charge in [-0.25, -0.2) is 4.39 Å². The van der Waals surface area contributed by atoms with Gasteiger partial charge in [-0.05, 0) is 54.8 Å². The Hall–Kier alpha value is -3.48. The van der Waals surface area contributed by atoms with Gasteiger partial charge in [-0.1, -0.05) is 0 Å². The average molecular weight is 412 g/mol. The zero-order valence-corrected chi connectivity index (χ0v) is 16.1. The van der Waals surface area contributed by atoms with E-state index in [1.165, 1.54) is 30.4 Å². The van der Waals surface area contributed by atoms with Gasteiger partial charge < -0.3 is 10.4 Å². The van der Waals surface area contributed by atoms with Crippen molar-refractivity contribution in [2.75, 3.05) is 5.32 Å². The lowest BCUT2D eigenvalue weighted by atomic mass is 10.1. The van der Waals surface area contributed by atoms with Crippen molar-refractivity contribution in [3.8, 4) is 6.07 Å². The summed E-state index contributed by atoms with van der Waals surface area (Å²) in [6.07, 6.45) is -1.08. The summed E-state index contributed by atoms with van der Waals surface area (Å²) in [5.74, 6) is -1.77. The quantitative estimate of drug-likeness (QED) is 0.481. The minimum absolute atomic E-state index is 0.167. The SMILES string of the molecule is C[C@H](O)[C@@H](Nc1ccc(C#N)c2sccc12)C(=O)NNC(=O)c1ccc(F)cc1. The van der Waals surface area contributed by atoms with E-state index in [0.29, 0.717) is 11.3 Å². The largest absolute Gasteiger partial charge is 0.391 e. The summed E-state index contributed by atoms with van der Waals surface area (Å²) < 4.78 is 13.7. The van der Waals surface area contributed by atoms with Crippen LogP contribution < -0.4 is 16.2 Å². The van der Waals surface area contributed by atoms with Crippen molar-refractivity contribution in [3.05, 3.63) is 64.8 Å². The fourth-order valence-electron chi connectivity index (χ4n) is 2.72. The molecule has 29 heavy (non-hydrogen) atoms. The van der Waals surface area contributed by atoms with Crippen LogP contribution in [0.5, 0.6) is 0 Å². The molecular weight excluding hydrogens is 395 g/mol. The van der Waals surface area contributed by atoms with E-state index in [4.69, 9.17) is 0 Å². The van der Waals surface area contributed by atoms with Crippen LogP contribution >= 0.6 is 11.3 Å². The Labute approximate surface area is 169 Å². The van der Waals surface area contributed by atoms with Crippen molar-refractivity contribution in [1.82, 2.24) is 10.9 Å². The number of aliphatic hydroxyl groups excluding tert-OH is 1. The van der Waals surface area contributed by atoms with E-state index in [2.05, 4.69) is 22.2 Å². The Morgan fingerprint density at radius 3 is 2.52 bits per heavy atom. The summed E-state index contributed by atoms with van der Waals surface area (Å²) in [6, 6.07) is 11.0. The Balaban J connectivity index is 1.72. The van der Waals surface area contributed by atoms with Crippen molar-refractivity contribution >= 4 is 38.9 Å². The molecule has 0 bridgehead atoms. The fourth-order valence-corrected chi connectivity index (χ4v) is 3.60. The lowest BCUT2D eigenvalue weighted by Crippen LogP contribution is -2.52. The molecule has 0 aliphatic rings. The van der Waals surface area contributed by atoms with Crippen molar-refractivity contribution < 1.29 is 19.1 Å². The molecule has 2 aromatic carbocycles. The van der Waals surface area contributed by atoms with Crippen molar-refractivity contribution in [3.63, 3.8) is 0 Å². The molecule has 0 aliphatic carbocycles. The molecule has 0 aliphatic heterocycles. The van der Waals surface area contributed by atoms with E-state index < -0.39 is 29.8 Å². The Kier molecular flexibility index (Phi) is 6.07. The van der Waals surface area contributed by atoms with Gasteiger partial charge >= 0.3 is 0 Å². The molecule has 0 radical (unpaired) electrons. The molecule has 1 aromatic heterocycles. The molecule has 148 valence electrons. The molecule has 3 rings (SSSR count). The van der Waals surface area contributed by atoms with Gasteiger partial charge in [0.2, 0.25) is 0 Å². The number of nitrogens with zero attached hydrogens (tertiary/aromatic N) is 1. The number of nitrogens with one attached hydrogen (secondary N) is 3. The molecule has 0 unspecified atom stereocenters. The molecular formula is C20H17FN4O3S. The van der Waals surface area contributed by atoms with E-state index in [-0.39, 0.29) is 5.56 Å². The number of aliphatic hydroxyl groups is 1. The molecule has 3 aromatic rings. The number of amides is 2. The molecule has 0 fully saturated rings. The summed E-state index contributed by atoms with van der Waals surface area (Å²) in [5, 5.41) is 24.8. The van der Waals surface area contributed by atoms with Crippen LogP contribution in [0.15, 0.2) is 47.8 Å². The molecule has 0 saturated heterocycles. The molecule has 2 atom stereocenters. The van der Waals surface area contributed by atoms with Crippen LogP contribution in [0, 0.1) is 17.1 Å². The van der Waals surface area contributed by atoms with Crippen molar-refractivity contribution in [1.29, 1.82) is 5.26 Å². The lowest BCUT2D eigenvalue weighted by molar-refractivity contribution is -0.124. The number of benzene rings is 2. The number of nitriles is 1. The third-order valence-corrected chi connectivity index (χ3v) is 5.17. The molecule has 1 heterocycles. The van der Waals surface area contributed by atoms with Gasteiger partial charge in [0.1, 0.15) is 17.9 Å². The van der Waals surface area contributed by atoms with Crippen LogP contribution in [0.1, 0.15) is 22.8 Å². The summed E-state index contributed by atoms with van der Waals surface area (Å²) >= 11 is 1.40. The third-order valence-electron chi connectivity index (χ3n) is 4.22. The number of fused-ring (bicyclic) bond motifs is 1. The molecule has 9 heteroatoms. The van der Waals surface area contributed by atoms with Gasteiger partial charge in [-0.3, -0.25) is 20.4 Å². The number of hydrazine groups is 1. The smallest absolute Gasteiger partial charge is 0.269 e. The second-order valence-corrected chi connectivity index (χ2v) is 7.16. The molecule has 0 spiro atoms. The highest BCUT2D eigenvalue weighted by atomic mass is 32.1. The number of thiophene rings is 1. The fraction of sp³-hybridized carbons (Fsp3) is 0.150. The highest BCUT2D eigenvalue weighted by Crippen LogP contribution is 2.31. The van der Waals surface area contributed by atoms with E-state index in [1.807, 2.05) is 11.4 Å². The summed E-state index contributed by atoms with van der Waals surface area (Å²) in [4.78, 5) is 24.6. The number of carbonyl (C=O) groups excluding carboxylic acids is 2. The summed E-state index contributed by atoms with van der Waals surface area (Å²) in [5.41, 5.74) is 5.75. The van der Waals surface area contributed by atoms with Crippen LogP contribution in [0.25, 0.3) is 10.1 Å². The predicted molar refractivity (Wildman–Crippen MR) is 108 cm³/mol. The highest BCUT2D eigenvalue weighted by molar-refractivity contribution is 7.17. The Bertz CT molecular complexity index is 1090. The van der Waals surface area contributed by atoms with Gasteiger partial charge in [0.05, 0.1) is 16.4 Å². The molecule has 4 N–H and O–H groups in total. The number of hydrogen-bond donors (Lipinski definition) is 4. The second kappa shape index (κ2) is 8.68. The number of anilines is 1. The maximum Gasteiger partial charge on any atom is 0.269 e.